The van der Waals surface area contributed by atoms with Crippen LogP contribution in [0.3, 0.4) is 0 Å². The summed E-state index contributed by atoms with van der Waals surface area (Å²) in [7, 11) is 0. The normalized spacial score (nSPS) is 28.5. The number of ether oxygens (including phenoxy) is 2. The van der Waals surface area contributed by atoms with Crippen LogP contribution < -0.4 is 0 Å². The molecule has 1 fully saturated rings. The third-order valence-electron chi connectivity index (χ3n) is 4.68. The van der Waals surface area contributed by atoms with Crippen LogP contribution >= 0.6 is 0 Å². The van der Waals surface area contributed by atoms with Crippen LogP contribution in [0.2, 0.25) is 0 Å². The smallest absolute Gasteiger partial charge is 0.334 e. The molecule has 1 saturated heterocycles. The summed E-state index contributed by atoms with van der Waals surface area (Å²) in [6, 6.07) is 0. The Morgan fingerprint density at radius 2 is 2.08 bits per heavy atom. The van der Waals surface area contributed by atoms with Gasteiger partial charge in [-0.2, -0.15) is 0 Å². The molecule has 1 heterocycles. The topological polar surface area (TPSA) is 52.6 Å². The van der Waals surface area contributed by atoms with Gasteiger partial charge in [-0.15, -0.1) is 0 Å². The lowest BCUT2D eigenvalue weighted by Gasteiger charge is -2.27. The minimum Gasteiger partial charge on any atom is -0.458 e. The number of hydrogen-bond donors (Lipinski definition) is 0. The van der Waals surface area contributed by atoms with Gasteiger partial charge in [-0.3, -0.25) is 0 Å². The van der Waals surface area contributed by atoms with Crippen LogP contribution in [0.4, 0.5) is 0 Å². The summed E-state index contributed by atoms with van der Waals surface area (Å²) in [5.74, 6) is -1.11. The van der Waals surface area contributed by atoms with Gasteiger partial charge in [0.15, 0.2) is 0 Å². The van der Waals surface area contributed by atoms with Gasteiger partial charge in [0.05, 0.1) is 5.92 Å². The van der Waals surface area contributed by atoms with Crippen molar-refractivity contribution in [2.75, 3.05) is 0 Å². The summed E-state index contributed by atoms with van der Waals surface area (Å²) in [5.41, 5.74) is 3.24. The molecule has 3 unspecified atom stereocenters. The van der Waals surface area contributed by atoms with Crippen molar-refractivity contribution in [2.24, 2.45) is 5.92 Å². The van der Waals surface area contributed by atoms with E-state index in [9.17, 15) is 9.59 Å². The van der Waals surface area contributed by atoms with E-state index in [1.165, 1.54) is 0 Å². The summed E-state index contributed by atoms with van der Waals surface area (Å²) in [6.07, 6.45) is 7.40. The Bertz CT molecular complexity index is 636. The van der Waals surface area contributed by atoms with E-state index in [1.807, 2.05) is 19.9 Å². The second-order valence-corrected chi connectivity index (χ2v) is 6.64. The number of hydrogen-bond acceptors (Lipinski definition) is 4. The minimum atomic E-state index is -0.463. The first-order valence-corrected chi connectivity index (χ1v) is 8.40. The quantitative estimate of drug-likeness (QED) is 0.436. The van der Waals surface area contributed by atoms with E-state index >= 15 is 0 Å². The highest BCUT2D eigenvalue weighted by molar-refractivity contribution is 5.92. The monoisotopic (exact) mass is 330 g/mol. The number of allylic oxidation sites excluding steroid dienone is 3. The number of carbonyl (C=O) groups is 2. The summed E-state index contributed by atoms with van der Waals surface area (Å²) >= 11 is 0. The van der Waals surface area contributed by atoms with Crippen LogP contribution in [0, 0.1) is 5.92 Å². The first-order valence-electron chi connectivity index (χ1n) is 8.40. The molecule has 0 amide bonds. The van der Waals surface area contributed by atoms with Crippen LogP contribution in [0.1, 0.15) is 47.0 Å². The van der Waals surface area contributed by atoms with Gasteiger partial charge in [-0.1, -0.05) is 29.9 Å². The van der Waals surface area contributed by atoms with Crippen LogP contribution in [-0.2, 0) is 19.1 Å². The molecule has 0 aromatic rings. The van der Waals surface area contributed by atoms with Gasteiger partial charge in [0.1, 0.15) is 12.2 Å². The maximum Gasteiger partial charge on any atom is 0.334 e. The Morgan fingerprint density at radius 1 is 1.38 bits per heavy atom. The van der Waals surface area contributed by atoms with Crippen molar-refractivity contribution in [2.45, 2.75) is 59.2 Å². The van der Waals surface area contributed by atoms with Crippen LogP contribution in [0.5, 0.6) is 0 Å². The lowest BCUT2D eigenvalue weighted by molar-refractivity contribution is -0.147. The zero-order chi connectivity index (χ0) is 17.9. The van der Waals surface area contributed by atoms with E-state index in [4.69, 9.17) is 9.47 Å². The van der Waals surface area contributed by atoms with E-state index in [2.05, 4.69) is 12.7 Å². The molecule has 0 radical (unpaired) electrons. The molecule has 3 atom stereocenters. The fourth-order valence-corrected chi connectivity index (χ4v) is 3.08. The highest BCUT2D eigenvalue weighted by Crippen LogP contribution is 2.36. The molecule has 0 N–H and O–H groups in total. The summed E-state index contributed by atoms with van der Waals surface area (Å²) in [6.45, 7) is 11.5. The van der Waals surface area contributed by atoms with Crippen molar-refractivity contribution in [1.29, 1.82) is 0 Å². The number of esters is 2. The second-order valence-electron chi connectivity index (χ2n) is 6.64. The molecule has 0 bridgehead atoms. The molecule has 2 rings (SSSR count). The Labute approximate surface area is 143 Å². The highest BCUT2D eigenvalue weighted by atomic mass is 16.6. The Balaban J connectivity index is 2.38. The van der Waals surface area contributed by atoms with Crippen molar-refractivity contribution >= 4 is 11.9 Å². The lowest BCUT2D eigenvalue weighted by Crippen LogP contribution is -2.33. The van der Waals surface area contributed by atoms with Gasteiger partial charge in [0.25, 0.3) is 0 Å². The van der Waals surface area contributed by atoms with E-state index in [0.29, 0.717) is 17.6 Å². The lowest BCUT2D eigenvalue weighted by atomic mass is 9.85. The largest absolute Gasteiger partial charge is 0.458 e. The second kappa shape index (κ2) is 7.65. The maximum atomic E-state index is 12.3. The predicted molar refractivity (Wildman–Crippen MR) is 93.2 cm³/mol. The molecular weight excluding hydrogens is 304 g/mol. The van der Waals surface area contributed by atoms with Gasteiger partial charge in [-0.25, -0.2) is 9.59 Å². The zero-order valence-corrected chi connectivity index (χ0v) is 14.9. The average molecular weight is 330 g/mol. The van der Waals surface area contributed by atoms with Crippen molar-refractivity contribution in [1.82, 2.24) is 0 Å². The molecule has 4 nitrogen and oxygen atoms in total. The number of carbonyl (C=O) groups excluding carboxylic acids is 2. The SMILES string of the molecule is C=C1C(=O)OC2C=C(C)CCC=C(C)CC(OC(=O)C(C)=CC)C12. The van der Waals surface area contributed by atoms with Crippen molar-refractivity contribution in [3.63, 3.8) is 0 Å². The van der Waals surface area contributed by atoms with Crippen molar-refractivity contribution in [3.05, 3.63) is 47.1 Å². The minimum absolute atomic E-state index is 0.345. The van der Waals surface area contributed by atoms with Gasteiger partial charge < -0.3 is 9.47 Å². The maximum absolute atomic E-state index is 12.3. The highest BCUT2D eigenvalue weighted by Gasteiger charge is 2.44. The molecule has 0 saturated carbocycles. The van der Waals surface area contributed by atoms with Crippen molar-refractivity contribution in [3.8, 4) is 0 Å². The van der Waals surface area contributed by atoms with Gasteiger partial charge >= 0.3 is 11.9 Å². The standard InChI is InChI=1S/C20H26O4/c1-6-14(4)19(21)23-16-10-12(2)8-7-9-13(3)11-17-18(16)15(5)20(22)24-17/h6,8,11,16-18H,5,7,9-10H2,1-4H3. The molecule has 130 valence electrons. The molecule has 0 aromatic carbocycles. The van der Waals surface area contributed by atoms with Crippen LogP contribution in [0.25, 0.3) is 0 Å². The van der Waals surface area contributed by atoms with E-state index in [1.54, 1.807) is 19.9 Å². The number of fused-ring (bicyclic) bond motifs is 1. The molecule has 0 aromatic heterocycles. The van der Waals surface area contributed by atoms with Gasteiger partial charge in [0, 0.05) is 17.6 Å². The van der Waals surface area contributed by atoms with E-state index in [-0.39, 0.29) is 11.9 Å². The molecule has 24 heavy (non-hydrogen) atoms. The third kappa shape index (κ3) is 4.05. The molecule has 0 spiro atoms. The Hall–Kier alpha value is -2.10. The molecular formula is C20H26O4. The van der Waals surface area contributed by atoms with Crippen LogP contribution in [0.15, 0.2) is 47.1 Å². The summed E-state index contributed by atoms with van der Waals surface area (Å²) < 4.78 is 11.2. The summed E-state index contributed by atoms with van der Waals surface area (Å²) in [5, 5.41) is 0. The zero-order valence-electron chi connectivity index (χ0n) is 14.9. The van der Waals surface area contributed by atoms with E-state index in [0.717, 1.165) is 24.0 Å². The first-order chi connectivity index (χ1) is 11.3. The molecule has 1 aliphatic heterocycles. The van der Waals surface area contributed by atoms with Gasteiger partial charge in [0.2, 0.25) is 0 Å². The predicted octanol–water partition coefficient (Wildman–Crippen LogP) is 4.04. The number of rotatable bonds is 2. The molecule has 4 heteroatoms. The third-order valence-corrected chi connectivity index (χ3v) is 4.68. The van der Waals surface area contributed by atoms with Crippen LogP contribution in [-0.4, -0.2) is 24.1 Å². The Morgan fingerprint density at radius 3 is 2.75 bits per heavy atom. The fourth-order valence-electron chi connectivity index (χ4n) is 3.08. The van der Waals surface area contributed by atoms with Gasteiger partial charge in [-0.05, 0) is 46.6 Å². The molecule has 1 aliphatic carbocycles. The molecule has 2 aliphatic rings. The fraction of sp³-hybridized carbons (Fsp3) is 0.500. The average Bonchev–Trinajstić information content (AvgIpc) is 2.79. The Kier molecular flexibility index (Phi) is 5.81. The first kappa shape index (κ1) is 18.2. The van der Waals surface area contributed by atoms with E-state index < -0.39 is 18.2 Å². The summed E-state index contributed by atoms with van der Waals surface area (Å²) in [4.78, 5) is 24.3. The van der Waals surface area contributed by atoms with Crippen molar-refractivity contribution < 1.29 is 19.1 Å².